The molecule has 1 N–H and O–H groups in total. The lowest BCUT2D eigenvalue weighted by Gasteiger charge is -2.27. The quantitative estimate of drug-likeness (QED) is 0.226. The molecule has 1 aliphatic carbocycles. The van der Waals surface area contributed by atoms with Gasteiger partial charge >= 0.3 is 0 Å². The third kappa shape index (κ3) is 4.46. The molecule has 2 aliphatic heterocycles. The van der Waals surface area contributed by atoms with Gasteiger partial charge in [0.2, 0.25) is 0 Å². The molecular weight excluding hydrogens is 550 g/mol. The van der Waals surface area contributed by atoms with Crippen molar-refractivity contribution in [3.05, 3.63) is 162 Å². The molecule has 0 amide bonds. The van der Waals surface area contributed by atoms with Crippen LogP contribution in [0.2, 0.25) is 0 Å². The van der Waals surface area contributed by atoms with Crippen LogP contribution in [0.4, 0.5) is 0 Å². The van der Waals surface area contributed by atoms with E-state index in [2.05, 4.69) is 121 Å². The van der Waals surface area contributed by atoms with Gasteiger partial charge < -0.3 is 10.1 Å². The van der Waals surface area contributed by atoms with E-state index in [1.807, 2.05) is 24.3 Å². The zero-order chi connectivity index (χ0) is 29.7. The molecule has 4 nitrogen and oxygen atoms in total. The van der Waals surface area contributed by atoms with Gasteiger partial charge in [0, 0.05) is 40.0 Å². The number of rotatable bonds is 4. The summed E-state index contributed by atoms with van der Waals surface area (Å²) in [5.74, 6) is 1.98. The number of hydrogen-bond donors (Lipinski definition) is 1. The number of ether oxygens (including phenoxy) is 1. The maximum absolute atomic E-state index is 6.34. The van der Waals surface area contributed by atoms with Crippen molar-refractivity contribution in [1.82, 2.24) is 10.3 Å². The standard InChI is InChI=1S/C41H29N3O/c1-3-10-26(11-4-1)35-23-29(24-36(43-35)27-12-5-2-6-13-27)28-18-20-34-37(22-28)44-38(25-42-34)30-19-21-40-41-32(30)15-9-16-33(41)31-14-7-8-17-39(31)45-40/h1-21,23-24,28,42H,22,25H2. The number of hydrogen-bond acceptors (Lipinski definition) is 4. The summed E-state index contributed by atoms with van der Waals surface area (Å²) in [6.45, 7) is 0.676. The first-order valence-electron chi connectivity index (χ1n) is 15.5. The first kappa shape index (κ1) is 25.7. The summed E-state index contributed by atoms with van der Waals surface area (Å²) in [7, 11) is 0. The first-order chi connectivity index (χ1) is 22.3. The highest BCUT2D eigenvalue weighted by Gasteiger charge is 2.26. The second-order valence-electron chi connectivity index (χ2n) is 11.8. The Morgan fingerprint density at radius 1 is 0.644 bits per heavy atom. The van der Waals surface area contributed by atoms with E-state index >= 15 is 0 Å². The van der Waals surface area contributed by atoms with E-state index in [4.69, 9.17) is 14.7 Å². The Balaban J connectivity index is 1.10. The lowest BCUT2D eigenvalue weighted by Crippen LogP contribution is -2.29. The Morgan fingerprint density at radius 2 is 1.36 bits per heavy atom. The molecule has 1 atom stereocenters. The van der Waals surface area contributed by atoms with Crippen LogP contribution in [0.3, 0.4) is 0 Å². The van der Waals surface area contributed by atoms with E-state index in [0.717, 1.165) is 74.1 Å². The highest BCUT2D eigenvalue weighted by Crippen LogP contribution is 2.47. The van der Waals surface area contributed by atoms with Crippen LogP contribution in [-0.4, -0.2) is 17.2 Å². The number of nitrogens with one attached hydrogen (secondary N) is 1. The lowest BCUT2D eigenvalue weighted by atomic mass is 9.87. The van der Waals surface area contributed by atoms with Gasteiger partial charge in [-0.25, -0.2) is 4.98 Å². The number of benzene rings is 5. The number of aliphatic imine (C=N–C) groups is 1. The Hall–Kier alpha value is -5.74. The van der Waals surface area contributed by atoms with Crippen molar-refractivity contribution >= 4 is 16.5 Å². The second kappa shape index (κ2) is 10.5. The molecule has 214 valence electrons. The summed E-state index contributed by atoms with van der Waals surface area (Å²) >= 11 is 0. The molecular formula is C41H29N3O. The molecule has 1 aromatic heterocycles. The number of nitrogens with zero attached hydrogens (tertiary/aromatic N) is 2. The fourth-order valence-corrected chi connectivity index (χ4v) is 6.84. The van der Waals surface area contributed by atoms with E-state index in [1.54, 1.807) is 0 Å². The van der Waals surface area contributed by atoms with Gasteiger partial charge in [-0.1, -0.05) is 103 Å². The number of para-hydroxylation sites is 1. The molecule has 0 radical (unpaired) electrons. The van der Waals surface area contributed by atoms with Crippen LogP contribution >= 0.6 is 0 Å². The molecule has 5 aromatic carbocycles. The summed E-state index contributed by atoms with van der Waals surface area (Å²) in [5, 5.41) is 5.99. The summed E-state index contributed by atoms with van der Waals surface area (Å²) in [6.07, 6.45) is 5.33. The average molecular weight is 580 g/mol. The Kier molecular flexibility index (Phi) is 5.98. The zero-order valence-electron chi connectivity index (χ0n) is 24.6. The van der Waals surface area contributed by atoms with E-state index in [1.165, 1.54) is 16.5 Å². The van der Waals surface area contributed by atoms with Crippen LogP contribution in [0.5, 0.6) is 11.5 Å². The number of fused-ring (bicyclic) bond motifs is 2. The summed E-state index contributed by atoms with van der Waals surface area (Å²) in [4.78, 5) is 10.4. The molecule has 4 heteroatoms. The van der Waals surface area contributed by atoms with E-state index in [-0.39, 0.29) is 5.92 Å². The van der Waals surface area contributed by atoms with E-state index in [0.29, 0.717) is 6.54 Å². The van der Waals surface area contributed by atoms with Gasteiger partial charge in [0.15, 0.2) is 0 Å². The first-order valence-corrected chi connectivity index (χ1v) is 15.5. The fraction of sp³-hybridized carbons (Fsp3) is 0.0732. The number of aromatic nitrogens is 1. The molecule has 0 fully saturated rings. The van der Waals surface area contributed by atoms with Gasteiger partial charge in [-0.15, -0.1) is 0 Å². The molecule has 0 saturated carbocycles. The molecule has 3 heterocycles. The average Bonchev–Trinajstić information content (AvgIpc) is 3.12. The highest BCUT2D eigenvalue weighted by atomic mass is 16.5. The van der Waals surface area contributed by atoms with Gasteiger partial charge in [0.25, 0.3) is 0 Å². The summed E-state index contributed by atoms with van der Waals surface area (Å²) in [5.41, 5.74) is 12.2. The minimum absolute atomic E-state index is 0.183. The fourth-order valence-electron chi connectivity index (χ4n) is 6.84. The molecule has 0 saturated heterocycles. The van der Waals surface area contributed by atoms with Crippen LogP contribution in [0.1, 0.15) is 23.5 Å². The van der Waals surface area contributed by atoms with Crippen LogP contribution in [0.25, 0.3) is 44.4 Å². The molecule has 6 aromatic rings. The Labute approximate surface area is 262 Å². The number of pyridine rings is 1. The molecule has 3 aliphatic rings. The van der Waals surface area contributed by atoms with Gasteiger partial charge in [-0.05, 0) is 52.9 Å². The van der Waals surface area contributed by atoms with Gasteiger partial charge in [-0.2, -0.15) is 0 Å². The van der Waals surface area contributed by atoms with Crippen LogP contribution in [-0.2, 0) is 0 Å². The van der Waals surface area contributed by atoms with Crippen molar-refractivity contribution in [3.8, 4) is 45.1 Å². The van der Waals surface area contributed by atoms with Crippen LogP contribution in [0.15, 0.2) is 156 Å². The molecule has 45 heavy (non-hydrogen) atoms. The van der Waals surface area contributed by atoms with E-state index in [9.17, 15) is 0 Å². The topological polar surface area (TPSA) is 46.5 Å². The largest absolute Gasteiger partial charge is 0.456 e. The number of allylic oxidation sites excluding steroid dienone is 3. The Bertz CT molecular complexity index is 2160. The lowest BCUT2D eigenvalue weighted by molar-refractivity contribution is 0.487. The molecule has 1 unspecified atom stereocenters. The third-order valence-electron chi connectivity index (χ3n) is 9.06. The molecule has 0 spiro atoms. The summed E-state index contributed by atoms with van der Waals surface area (Å²) < 4.78 is 6.34. The van der Waals surface area contributed by atoms with Gasteiger partial charge in [-0.3, -0.25) is 4.99 Å². The van der Waals surface area contributed by atoms with Crippen molar-refractivity contribution in [2.75, 3.05) is 6.54 Å². The monoisotopic (exact) mass is 579 g/mol. The second-order valence-corrected chi connectivity index (χ2v) is 11.8. The van der Waals surface area contributed by atoms with Crippen LogP contribution in [0, 0.1) is 0 Å². The van der Waals surface area contributed by atoms with Crippen molar-refractivity contribution in [3.63, 3.8) is 0 Å². The third-order valence-corrected chi connectivity index (χ3v) is 9.06. The smallest absolute Gasteiger partial charge is 0.135 e. The Morgan fingerprint density at radius 3 is 2.13 bits per heavy atom. The van der Waals surface area contributed by atoms with Crippen LogP contribution < -0.4 is 10.1 Å². The predicted molar refractivity (Wildman–Crippen MR) is 183 cm³/mol. The van der Waals surface area contributed by atoms with Crippen molar-refractivity contribution in [2.24, 2.45) is 4.99 Å². The van der Waals surface area contributed by atoms with Crippen molar-refractivity contribution < 1.29 is 4.74 Å². The van der Waals surface area contributed by atoms with Crippen molar-refractivity contribution in [2.45, 2.75) is 12.3 Å². The van der Waals surface area contributed by atoms with Crippen molar-refractivity contribution in [1.29, 1.82) is 0 Å². The minimum atomic E-state index is 0.183. The van der Waals surface area contributed by atoms with E-state index < -0.39 is 0 Å². The summed E-state index contributed by atoms with van der Waals surface area (Å²) in [6, 6.07) is 44.4. The van der Waals surface area contributed by atoms with Gasteiger partial charge in [0.05, 0.1) is 35.0 Å². The molecule has 9 rings (SSSR count). The maximum atomic E-state index is 6.34. The van der Waals surface area contributed by atoms with Gasteiger partial charge in [0.1, 0.15) is 11.5 Å². The minimum Gasteiger partial charge on any atom is -0.456 e. The maximum Gasteiger partial charge on any atom is 0.135 e. The SMILES string of the molecule is C1=CC(c2cc(-c3ccccc3)nc(-c3ccccc3)c2)CC2=C1NCC(c1ccc3c4c(cccc14)-c1ccccc1O3)=N2. The highest BCUT2D eigenvalue weighted by molar-refractivity contribution is 6.17. The zero-order valence-corrected chi connectivity index (χ0v) is 24.6. The normalized spacial score (nSPS) is 16.4. The molecule has 0 bridgehead atoms. The predicted octanol–water partition coefficient (Wildman–Crippen LogP) is 9.69.